The van der Waals surface area contributed by atoms with E-state index in [1.54, 1.807) is 0 Å². The second kappa shape index (κ2) is 8.06. The SMILES string of the molecule is Br[Si](Br)(CCC[Si](Br)(Br)c1ccccc1)c1ccccc1. The minimum atomic E-state index is -1.67. The van der Waals surface area contributed by atoms with Gasteiger partial charge in [0, 0.05) is 0 Å². The van der Waals surface area contributed by atoms with Crippen molar-refractivity contribution in [2.75, 3.05) is 0 Å². The Morgan fingerprint density at radius 3 is 1.24 bits per heavy atom. The summed E-state index contributed by atoms with van der Waals surface area (Å²) in [6.45, 7) is 0. The highest BCUT2D eigenvalue weighted by atomic mass is 79.9. The van der Waals surface area contributed by atoms with Crippen LogP contribution in [0.4, 0.5) is 0 Å². The van der Waals surface area contributed by atoms with Gasteiger partial charge in [0.1, 0.15) is 0 Å². The second-order valence-electron chi connectivity index (χ2n) is 4.99. The molecule has 0 atom stereocenters. The molecule has 0 fully saturated rings. The molecule has 0 spiro atoms. The number of hydrogen-bond acceptors (Lipinski definition) is 0. The van der Waals surface area contributed by atoms with Gasteiger partial charge in [-0.1, -0.05) is 67.1 Å². The normalized spacial score (nSPS) is 12.4. The first-order chi connectivity index (χ1) is 9.92. The summed E-state index contributed by atoms with van der Waals surface area (Å²) in [5.41, 5.74) is 0. The summed E-state index contributed by atoms with van der Waals surface area (Å²) in [4.78, 5) is 0. The summed E-state index contributed by atoms with van der Waals surface area (Å²) < 4.78 is 0. The molecule has 0 radical (unpaired) electrons. The fourth-order valence-electron chi connectivity index (χ4n) is 2.19. The highest BCUT2D eigenvalue weighted by Crippen LogP contribution is 2.32. The molecule has 0 saturated carbocycles. The number of hydrogen-bond donors (Lipinski definition) is 0. The smallest absolute Gasteiger partial charge is 0.105 e. The summed E-state index contributed by atoms with van der Waals surface area (Å²) in [5, 5.41) is -0.542. The van der Waals surface area contributed by atoms with E-state index in [0.29, 0.717) is 0 Å². The number of rotatable bonds is 6. The Labute approximate surface area is 160 Å². The fourth-order valence-corrected chi connectivity index (χ4v) is 12.3. The van der Waals surface area contributed by atoms with Crippen molar-refractivity contribution in [3.63, 3.8) is 0 Å². The Kier molecular flexibility index (Phi) is 6.96. The Balaban J connectivity index is 1.95. The van der Waals surface area contributed by atoms with E-state index in [1.165, 1.54) is 28.9 Å². The second-order valence-corrected chi connectivity index (χ2v) is 32.6. The van der Waals surface area contributed by atoms with Gasteiger partial charge < -0.3 is 0 Å². The molecular weight excluding hydrogens is 556 g/mol. The minimum absolute atomic E-state index is 1.18. The third kappa shape index (κ3) is 5.43. The van der Waals surface area contributed by atoms with Crippen molar-refractivity contribution in [3.05, 3.63) is 60.7 Å². The van der Waals surface area contributed by atoms with Gasteiger partial charge in [0.15, 0.2) is 0 Å². The number of benzene rings is 2. The lowest BCUT2D eigenvalue weighted by molar-refractivity contribution is 1.06. The third-order valence-electron chi connectivity index (χ3n) is 3.37. The molecule has 0 bridgehead atoms. The molecule has 2 aromatic rings. The maximum Gasteiger partial charge on any atom is 0.230 e. The van der Waals surface area contributed by atoms with E-state index in [1.807, 2.05) is 0 Å². The lowest BCUT2D eigenvalue weighted by atomic mass is 10.4. The van der Waals surface area contributed by atoms with Crippen LogP contribution >= 0.6 is 61.2 Å². The summed E-state index contributed by atoms with van der Waals surface area (Å²) >= 11 is 15.8. The van der Waals surface area contributed by atoms with Crippen LogP contribution in [0, 0.1) is 0 Å². The first-order valence-electron chi connectivity index (χ1n) is 6.78. The third-order valence-corrected chi connectivity index (χ3v) is 17.9. The maximum atomic E-state index is 3.95. The standard InChI is InChI=1S/C15H16Br4Si2/c16-20(17,14-8-3-1-4-9-14)12-7-13-21(18,19)15-10-5-2-6-11-15/h1-6,8-11H,7,12-13H2. The Morgan fingerprint density at radius 2 is 0.905 bits per heavy atom. The molecule has 112 valence electrons. The topological polar surface area (TPSA) is 0 Å². The van der Waals surface area contributed by atoms with E-state index >= 15 is 0 Å². The molecule has 0 aliphatic heterocycles. The Bertz CT molecular complexity index is 507. The van der Waals surface area contributed by atoms with Crippen LogP contribution in [0.5, 0.6) is 0 Å². The number of halogens is 4. The van der Waals surface area contributed by atoms with E-state index < -0.39 is 10.6 Å². The highest BCUT2D eigenvalue weighted by molar-refractivity contribution is 9.52. The molecular formula is C15H16Br4Si2. The Morgan fingerprint density at radius 1 is 0.571 bits per heavy atom. The molecule has 0 nitrogen and oxygen atoms in total. The minimum Gasteiger partial charge on any atom is -0.105 e. The molecule has 0 amide bonds. The maximum absolute atomic E-state index is 3.95. The van der Waals surface area contributed by atoms with Crippen molar-refractivity contribution in [3.8, 4) is 0 Å². The lowest BCUT2D eigenvalue weighted by Crippen LogP contribution is -2.37. The first-order valence-corrected chi connectivity index (χ1v) is 20.2. The monoisotopic (exact) mass is 568 g/mol. The molecule has 0 N–H and O–H groups in total. The molecule has 2 rings (SSSR count). The van der Waals surface area contributed by atoms with Gasteiger partial charge in [-0.05, 0) is 22.5 Å². The van der Waals surface area contributed by atoms with Crippen LogP contribution in [-0.4, -0.2) is 10.6 Å². The van der Waals surface area contributed by atoms with Crippen LogP contribution in [0.15, 0.2) is 60.7 Å². The fraction of sp³-hybridized carbons (Fsp3) is 0.200. The zero-order valence-corrected chi connectivity index (χ0v) is 19.8. The molecule has 21 heavy (non-hydrogen) atoms. The van der Waals surface area contributed by atoms with Crippen molar-refractivity contribution in [1.82, 2.24) is 0 Å². The van der Waals surface area contributed by atoms with Crippen LogP contribution in [0.3, 0.4) is 0 Å². The van der Waals surface area contributed by atoms with Gasteiger partial charge in [-0.3, -0.25) is 0 Å². The van der Waals surface area contributed by atoms with E-state index in [9.17, 15) is 0 Å². The van der Waals surface area contributed by atoms with Gasteiger partial charge in [0.05, 0.1) is 0 Å². The molecule has 0 heterocycles. The van der Waals surface area contributed by atoms with E-state index in [4.69, 9.17) is 0 Å². The van der Waals surface area contributed by atoms with Crippen molar-refractivity contribution in [2.24, 2.45) is 0 Å². The van der Waals surface area contributed by atoms with E-state index in [-0.39, 0.29) is 0 Å². The highest BCUT2D eigenvalue weighted by Gasteiger charge is 2.32. The molecule has 0 aliphatic carbocycles. The van der Waals surface area contributed by atoms with Crippen molar-refractivity contribution in [1.29, 1.82) is 0 Å². The average Bonchev–Trinajstić information content (AvgIpc) is 2.49. The summed E-state index contributed by atoms with van der Waals surface area (Å²) in [5.74, 6) is 0. The zero-order chi connectivity index (χ0) is 15.3. The van der Waals surface area contributed by atoms with Gasteiger partial charge in [-0.2, -0.15) is 0 Å². The molecule has 2 aromatic carbocycles. The molecule has 0 aromatic heterocycles. The van der Waals surface area contributed by atoms with Gasteiger partial charge in [-0.25, -0.2) is 0 Å². The predicted octanol–water partition coefficient (Wildman–Crippen LogP) is 5.65. The van der Waals surface area contributed by atoms with Crippen molar-refractivity contribution in [2.45, 2.75) is 18.5 Å². The largest absolute Gasteiger partial charge is 0.230 e. The Hall–Kier alpha value is 0.794. The quantitative estimate of drug-likeness (QED) is 0.310. The van der Waals surface area contributed by atoms with Crippen LogP contribution in [0.25, 0.3) is 0 Å². The summed E-state index contributed by atoms with van der Waals surface area (Å²) in [7, 11) is 0. The van der Waals surface area contributed by atoms with Crippen molar-refractivity contribution < 1.29 is 0 Å². The van der Waals surface area contributed by atoms with Gasteiger partial charge in [0.2, 0.25) is 10.6 Å². The van der Waals surface area contributed by atoms with Crippen molar-refractivity contribution >= 4 is 82.2 Å². The van der Waals surface area contributed by atoms with Gasteiger partial charge in [0.25, 0.3) is 0 Å². The van der Waals surface area contributed by atoms with Gasteiger partial charge >= 0.3 is 0 Å². The van der Waals surface area contributed by atoms with E-state index in [0.717, 1.165) is 0 Å². The molecule has 0 saturated heterocycles. The van der Waals surface area contributed by atoms with Gasteiger partial charge in [-0.15, -0.1) is 61.2 Å². The van der Waals surface area contributed by atoms with E-state index in [2.05, 4.69) is 122 Å². The molecule has 6 heteroatoms. The zero-order valence-electron chi connectivity index (χ0n) is 11.4. The summed E-state index contributed by atoms with van der Waals surface area (Å²) in [6, 6.07) is 23.8. The van der Waals surface area contributed by atoms with Crippen LogP contribution < -0.4 is 10.4 Å². The summed E-state index contributed by atoms with van der Waals surface area (Å²) in [6.07, 6.45) is 1.19. The first kappa shape index (κ1) is 18.1. The lowest BCUT2D eigenvalue weighted by Gasteiger charge is -2.22. The van der Waals surface area contributed by atoms with Crippen LogP contribution in [0.1, 0.15) is 6.42 Å². The average molecular weight is 572 g/mol. The molecule has 0 unspecified atom stereocenters. The van der Waals surface area contributed by atoms with Crippen LogP contribution in [-0.2, 0) is 0 Å². The van der Waals surface area contributed by atoms with Crippen LogP contribution in [0.2, 0.25) is 12.1 Å². The predicted molar refractivity (Wildman–Crippen MR) is 114 cm³/mol. The molecule has 0 aliphatic rings.